The van der Waals surface area contributed by atoms with E-state index in [1.165, 1.54) is 250 Å². The van der Waals surface area contributed by atoms with Gasteiger partial charge in [0.1, 0.15) is 19.8 Å². The number of hydrogen-bond acceptors (Lipinski definition) is 7. The van der Waals surface area contributed by atoms with Crippen LogP contribution >= 0.6 is 7.82 Å². The number of allylic oxidation sites excluding steroid dienone is 14. The number of unbranched alkanes of at least 4 members (excludes halogenated alkanes) is 43. The fraction of sp³-hybridized carbons (Fsp3) is 0.800. The Hall–Kier alpha value is -2.81. The Morgan fingerprint density at radius 1 is 0.356 bits per heavy atom. The maximum atomic E-state index is 12.9. The second kappa shape index (κ2) is 70.5. The van der Waals surface area contributed by atoms with Crippen LogP contribution in [0.15, 0.2) is 85.1 Å². The highest BCUT2D eigenvalue weighted by molar-refractivity contribution is 7.47. The van der Waals surface area contributed by atoms with Crippen LogP contribution in [0.2, 0.25) is 0 Å². The van der Waals surface area contributed by atoms with Crippen molar-refractivity contribution < 1.29 is 42.1 Å². The monoisotopic (exact) mass is 1280 g/mol. The number of phosphoric acid groups is 1. The van der Waals surface area contributed by atoms with Crippen molar-refractivity contribution in [3.63, 3.8) is 0 Å². The lowest BCUT2D eigenvalue weighted by atomic mass is 10.0. The van der Waals surface area contributed by atoms with Crippen LogP contribution in [0.3, 0.4) is 0 Å². The maximum Gasteiger partial charge on any atom is 0.472 e. The molecule has 0 aromatic rings. The SMILES string of the molecule is CC/C=C\C/C=C\C/C=C\C/C=C\C/C=C\C/C=C\C/C=C\CCCCCCCCCCCCCCCCCC(=O)OC(COC(=O)CCCCCCCCCCCCCCCCCCCCCCCCCCCCCCC)COP(=O)(O)OCC[N+](C)(C)C. The molecule has 1 N–H and O–H groups in total. The van der Waals surface area contributed by atoms with Crippen LogP contribution in [0.5, 0.6) is 0 Å². The van der Waals surface area contributed by atoms with E-state index in [-0.39, 0.29) is 25.6 Å². The normalized spacial score (nSPS) is 13.5. The molecule has 90 heavy (non-hydrogen) atoms. The molecule has 0 spiro atoms. The average Bonchev–Trinajstić information content (AvgIpc) is 3.58. The van der Waals surface area contributed by atoms with Crippen molar-refractivity contribution in [1.29, 1.82) is 0 Å². The number of nitrogens with zero attached hydrogens (tertiary/aromatic N) is 1. The summed E-state index contributed by atoms with van der Waals surface area (Å²) in [5, 5.41) is 0. The van der Waals surface area contributed by atoms with E-state index in [0.29, 0.717) is 23.9 Å². The smallest absolute Gasteiger partial charge is 0.462 e. The van der Waals surface area contributed by atoms with Gasteiger partial charge in [0.15, 0.2) is 6.10 Å². The van der Waals surface area contributed by atoms with Crippen LogP contribution in [0.25, 0.3) is 0 Å². The van der Waals surface area contributed by atoms with Gasteiger partial charge in [0.2, 0.25) is 0 Å². The van der Waals surface area contributed by atoms with Crippen LogP contribution in [-0.2, 0) is 32.7 Å². The van der Waals surface area contributed by atoms with Crippen molar-refractivity contribution >= 4 is 19.8 Å². The minimum atomic E-state index is -4.40. The largest absolute Gasteiger partial charge is 0.472 e. The van der Waals surface area contributed by atoms with Gasteiger partial charge >= 0.3 is 19.8 Å². The number of phosphoric ester groups is 1. The van der Waals surface area contributed by atoms with Crippen molar-refractivity contribution in [1.82, 2.24) is 0 Å². The molecule has 10 heteroatoms. The number of carbonyl (C=O) groups excluding carboxylic acids is 2. The zero-order chi connectivity index (χ0) is 65.5. The van der Waals surface area contributed by atoms with E-state index in [0.717, 1.165) is 77.0 Å². The summed E-state index contributed by atoms with van der Waals surface area (Å²) in [7, 11) is 1.49. The van der Waals surface area contributed by atoms with Crippen LogP contribution in [0.4, 0.5) is 0 Å². The van der Waals surface area contributed by atoms with Crippen LogP contribution in [0, 0.1) is 0 Å². The lowest BCUT2D eigenvalue weighted by Gasteiger charge is -2.24. The molecule has 0 heterocycles. The molecule has 0 bridgehead atoms. The highest BCUT2D eigenvalue weighted by Crippen LogP contribution is 2.43. The summed E-state index contributed by atoms with van der Waals surface area (Å²) in [6.07, 6.45) is 97.1. The summed E-state index contributed by atoms with van der Waals surface area (Å²) in [5.74, 6) is -0.781. The van der Waals surface area contributed by atoms with Crippen molar-refractivity contribution in [3.05, 3.63) is 85.1 Å². The first-order chi connectivity index (χ1) is 44.0. The molecule has 2 atom stereocenters. The molecular formula is C80H147NO8P+. The number of likely N-dealkylation sites (N-methyl/N-ethyl adjacent to an activating group) is 1. The minimum Gasteiger partial charge on any atom is -0.462 e. The zero-order valence-corrected chi connectivity index (χ0v) is 60.8. The summed E-state index contributed by atoms with van der Waals surface area (Å²) in [4.78, 5) is 36.0. The Morgan fingerprint density at radius 2 is 0.633 bits per heavy atom. The second-order valence-corrected chi connectivity index (χ2v) is 28.5. The van der Waals surface area contributed by atoms with Gasteiger partial charge in [0.25, 0.3) is 0 Å². The van der Waals surface area contributed by atoms with E-state index in [1.54, 1.807) is 0 Å². The van der Waals surface area contributed by atoms with Gasteiger partial charge in [-0.2, -0.15) is 0 Å². The molecule has 0 aliphatic rings. The third-order valence-corrected chi connectivity index (χ3v) is 17.9. The van der Waals surface area contributed by atoms with Crippen LogP contribution in [-0.4, -0.2) is 74.9 Å². The molecule has 0 radical (unpaired) electrons. The van der Waals surface area contributed by atoms with E-state index in [4.69, 9.17) is 18.5 Å². The Morgan fingerprint density at radius 3 is 0.944 bits per heavy atom. The van der Waals surface area contributed by atoms with E-state index in [1.807, 2.05) is 21.1 Å². The van der Waals surface area contributed by atoms with Gasteiger partial charge in [-0.1, -0.05) is 362 Å². The van der Waals surface area contributed by atoms with Crippen molar-refractivity contribution in [2.75, 3.05) is 47.5 Å². The summed E-state index contributed by atoms with van der Waals surface area (Å²) in [6.45, 7) is 4.38. The molecule has 0 saturated carbocycles. The molecule has 524 valence electrons. The zero-order valence-electron chi connectivity index (χ0n) is 59.9. The van der Waals surface area contributed by atoms with Gasteiger partial charge in [-0.15, -0.1) is 0 Å². The topological polar surface area (TPSA) is 108 Å². The first-order valence-electron chi connectivity index (χ1n) is 38.3. The molecule has 0 fully saturated rings. The first-order valence-corrected chi connectivity index (χ1v) is 39.8. The second-order valence-electron chi connectivity index (χ2n) is 27.0. The van der Waals surface area contributed by atoms with Gasteiger partial charge in [0.05, 0.1) is 27.7 Å². The fourth-order valence-electron chi connectivity index (χ4n) is 11.1. The predicted octanol–water partition coefficient (Wildman–Crippen LogP) is 25.3. The highest BCUT2D eigenvalue weighted by atomic mass is 31.2. The quantitative estimate of drug-likeness (QED) is 0.0211. The number of hydrogen-bond donors (Lipinski definition) is 1. The maximum absolute atomic E-state index is 12.9. The lowest BCUT2D eigenvalue weighted by Crippen LogP contribution is -2.37. The summed E-state index contributed by atoms with van der Waals surface area (Å²) >= 11 is 0. The molecule has 0 aromatic heterocycles. The Labute approximate surface area is 558 Å². The Bertz CT molecular complexity index is 1800. The van der Waals surface area contributed by atoms with E-state index >= 15 is 0 Å². The van der Waals surface area contributed by atoms with Gasteiger partial charge in [-0.25, -0.2) is 4.57 Å². The molecule has 0 aliphatic carbocycles. The van der Waals surface area contributed by atoms with E-state index in [9.17, 15) is 19.0 Å². The number of carbonyl (C=O) groups is 2. The number of ether oxygens (including phenoxy) is 2. The minimum absolute atomic E-state index is 0.0318. The molecule has 0 saturated heterocycles. The molecule has 0 amide bonds. The lowest BCUT2D eigenvalue weighted by molar-refractivity contribution is -0.870. The van der Waals surface area contributed by atoms with Gasteiger partial charge in [0, 0.05) is 12.8 Å². The van der Waals surface area contributed by atoms with Gasteiger partial charge < -0.3 is 18.9 Å². The molecule has 2 unspecified atom stereocenters. The number of esters is 2. The van der Waals surface area contributed by atoms with E-state index < -0.39 is 26.5 Å². The standard InChI is InChI=1S/C80H146NO8P/c1-6-8-10-12-14-16-18-20-22-24-26-28-30-32-34-36-37-38-39-40-41-42-43-45-47-49-51-53-55-57-59-61-63-65-67-69-71-73-80(83)89-78(77-88-90(84,85)87-75-74-81(3,4)5)76-86-79(82)72-70-68-66-64-62-60-58-56-54-52-50-48-46-44-35-33-31-29-27-25-23-21-19-17-15-13-11-9-7-2/h8,10,14,16,20,22,26,28,32,34,37-38,40-41,78H,6-7,9,11-13,15,17-19,21,23-25,27,29-31,33,35-36,39,42-77H2,1-5H3/p+1/b10-8-,16-14-,22-20-,28-26-,34-32-,38-37-,41-40-. The average molecular weight is 1280 g/mol. The fourth-order valence-corrected chi connectivity index (χ4v) is 11.9. The van der Waals surface area contributed by atoms with Gasteiger partial charge in [-0.05, 0) is 70.6 Å². The first kappa shape index (κ1) is 87.2. The summed E-state index contributed by atoms with van der Waals surface area (Å²) in [6, 6.07) is 0. The summed E-state index contributed by atoms with van der Waals surface area (Å²) < 4.78 is 34.8. The van der Waals surface area contributed by atoms with Gasteiger partial charge in [-0.3, -0.25) is 18.6 Å². The number of rotatable bonds is 71. The Kier molecular flexibility index (Phi) is 68.3. The molecule has 0 rings (SSSR count). The molecule has 9 nitrogen and oxygen atoms in total. The highest BCUT2D eigenvalue weighted by Gasteiger charge is 2.27. The van der Waals surface area contributed by atoms with Crippen LogP contribution in [0.1, 0.15) is 361 Å². The Balaban J connectivity index is 3.98. The van der Waals surface area contributed by atoms with Crippen molar-refractivity contribution in [2.45, 2.75) is 367 Å². The summed E-state index contributed by atoms with van der Waals surface area (Å²) in [5.41, 5.74) is 0. The number of quaternary nitrogens is 1. The predicted molar refractivity (Wildman–Crippen MR) is 390 cm³/mol. The molecule has 0 aliphatic heterocycles. The molecule has 0 aromatic carbocycles. The third-order valence-electron chi connectivity index (χ3n) is 16.9. The third kappa shape index (κ3) is 74.2. The van der Waals surface area contributed by atoms with Crippen molar-refractivity contribution in [2.24, 2.45) is 0 Å². The molecular weight excluding hydrogens is 1130 g/mol. The van der Waals surface area contributed by atoms with Crippen LogP contribution < -0.4 is 0 Å². The van der Waals surface area contributed by atoms with Crippen molar-refractivity contribution in [3.8, 4) is 0 Å². The van der Waals surface area contributed by atoms with E-state index in [2.05, 4.69) is 98.9 Å².